The highest BCUT2D eigenvalue weighted by atomic mass is 35.5. The number of aromatic nitrogens is 1. The molecule has 1 aromatic heterocycles. The maximum absolute atomic E-state index is 12.6. The van der Waals surface area contributed by atoms with Crippen molar-refractivity contribution < 1.29 is 4.79 Å². The standard InChI is InChI=1S/C23H30ClN5O2/c1-8-20(29(15(3)30)13-23(4,5)6)28-22(25-7)26-14(2)18-12-16-11-17(24)9-10-19(16)27-21(18)31/h8-12,14H,7,13H2,1-6H3,(H,26,28)(H,27,31)/b20-8+/t14-/m0/s1. The van der Waals surface area contributed by atoms with E-state index in [0.29, 0.717) is 28.5 Å². The molecule has 0 spiro atoms. The van der Waals surface area contributed by atoms with Gasteiger partial charge in [-0.15, -0.1) is 0 Å². The molecule has 0 saturated carbocycles. The van der Waals surface area contributed by atoms with E-state index in [9.17, 15) is 9.59 Å². The molecule has 1 aromatic carbocycles. The third kappa shape index (κ3) is 6.52. The summed E-state index contributed by atoms with van der Waals surface area (Å²) >= 11 is 6.08. The lowest BCUT2D eigenvalue weighted by atomic mass is 9.96. The van der Waals surface area contributed by atoms with E-state index in [1.165, 1.54) is 6.92 Å². The lowest BCUT2D eigenvalue weighted by molar-refractivity contribution is -0.128. The van der Waals surface area contributed by atoms with E-state index in [4.69, 9.17) is 11.6 Å². The minimum absolute atomic E-state index is 0.102. The van der Waals surface area contributed by atoms with Gasteiger partial charge in [0.05, 0.1) is 6.04 Å². The highest BCUT2D eigenvalue weighted by Crippen LogP contribution is 2.22. The number of halogens is 1. The van der Waals surface area contributed by atoms with Crippen LogP contribution >= 0.6 is 11.6 Å². The van der Waals surface area contributed by atoms with Crippen LogP contribution in [0.15, 0.2) is 50.9 Å². The Balaban J connectivity index is 2.36. The van der Waals surface area contributed by atoms with E-state index in [-0.39, 0.29) is 22.8 Å². The van der Waals surface area contributed by atoms with E-state index in [1.807, 2.05) is 6.92 Å². The fourth-order valence-electron chi connectivity index (χ4n) is 3.12. The molecule has 0 aliphatic rings. The van der Waals surface area contributed by atoms with Gasteiger partial charge in [-0.2, -0.15) is 0 Å². The first-order valence-electron chi connectivity index (χ1n) is 10.0. The van der Waals surface area contributed by atoms with Gasteiger partial charge in [0.15, 0.2) is 0 Å². The van der Waals surface area contributed by atoms with Crippen molar-refractivity contribution in [1.29, 1.82) is 0 Å². The summed E-state index contributed by atoms with van der Waals surface area (Å²) in [5.41, 5.74) is 0.828. The van der Waals surface area contributed by atoms with Crippen molar-refractivity contribution in [2.24, 2.45) is 15.4 Å². The molecular weight excluding hydrogens is 414 g/mol. The smallest absolute Gasteiger partial charge is 0.253 e. The van der Waals surface area contributed by atoms with Gasteiger partial charge in [-0.25, -0.2) is 9.98 Å². The Kier molecular flexibility index (Phi) is 7.79. The molecule has 0 aliphatic heterocycles. The quantitative estimate of drug-likeness (QED) is 0.520. The average Bonchev–Trinajstić information content (AvgIpc) is 2.68. The number of aliphatic imine (C=N–C) groups is 2. The minimum atomic E-state index is -0.508. The number of hydrogen-bond donors (Lipinski definition) is 2. The Morgan fingerprint density at radius 1 is 1.35 bits per heavy atom. The first-order valence-corrected chi connectivity index (χ1v) is 10.4. The average molecular weight is 444 g/mol. The van der Waals surface area contributed by atoms with Crippen molar-refractivity contribution in [2.75, 3.05) is 6.54 Å². The number of amides is 1. The van der Waals surface area contributed by atoms with E-state index >= 15 is 0 Å². The molecular formula is C23H30ClN5O2. The van der Waals surface area contributed by atoms with Crippen LogP contribution in [-0.2, 0) is 4.79 Å². The van der Waals surface area contributed by atoms with Crippen molar-refractivity contribution in [3.63, 3.8) is 0 Å². The second-order valence-electron chi connectivity index (χ2n) is 8.54. The predicted molar refractivity (Wildman–Crippen MR) is 129 cm³/mol. The van der Waals surface area contributed by atoms with Crippen molar-refractivity contribution in [2.45, 2.75) is 47.6 Å². The summed E-state index contributed by atoms with van der Waals surface area (Å²) in [6.07, 6.45) is 1.78. The molecule has 1 atom stereocenters. The minimum Gasteiger partial charge on any atom is -0.322 e. The number of hydrogen-bond acceptors (Lipinski definition) is 3. The normalized spacial score (nSPS) is 13.8. The molecule has 166 valence electrons. The molecule has 7 nitrogen and oxygen atoms in total. The van der Waals surface area contributed by atoms with Crippen molar-refractivity contribution >= 4 is 41.1 Å². The fourth-order valence-corrected chi connectivity index (χ4v) is 3.30. The summed E-state index contributed by atoms with van der Waals surface area (Å²) < 4.78 is 0. The number of H-pyrrole nitrogens is 1. The Hall–Kier alpha value is -2.93. The molecule has 31 heavy (non-hydrogen) atoms. The second-order valence-corrected chi connectivity index (χ2v) is 8.97. The summed E-state index contributed by atoms with van der Waals surface area (Å²) in [5, 5.41) is 4.47. The molecule has 0 bridgehead atoms. The number of allylic oxidation sites excluding steroid dienone is 1. The van der Waals surface area contributed by atoms with E-state index in [1.54, 1.807) is 42.2 Å². The van der Waals surface area contributed by atoms with Crippen LogP contribution in [0.3, 0.4) is 0 Å². The van der Waals surface area contributed by atoms with Gasteiger partial charge < -0.3 is 10.3 Å². The zero-order valence-corrected chi connectivity index (χ0v) is 19.7. The lowest BCUT2D eigenvalue weighted by Gasteiger charge is -2.31. The molecule has 0 radical (unpaired) electrons. The fraction of sp³-hybridized carbons (Fsp3) is 0.391. The number of pyridine rings is 1. The maximum atomic E-state index is 12.6. The molecule has 0 saturated heterocycles. The second kappa shape index (κ2) is 9.92. The molecule has 0 fully saturated rings. The van der Waals surface area contributed by atoms with E-state index in [2.05, 4.69) is 47.8 Å². The lowest BCUT2D eigenvalue weighted by Crippen LogP contribution is -2.42. The summed E-state index contributed by atoms with van der Waals surface area (Å²) in [6.45, 7) is 15.4. The van der Waals surface area contributed by atoms with Crippen LogP contribution in [0.1, 0.15) is 53.1 Å². The van der Waals surface area contributed by atoms with Crippen LogP contribution in [0.25, 0.3) is 10.9 Å². The summed E-state index contributed by atoms with van der Waals surface area (Å²) in [5.74, 6) is 0.668. The zero-order valence-electron chi connectivity index (χ0n) is 18.9. The van der Waals surface area contributed by atoms with E-state index in [0.717, 1.165) is 5.39 Å². The van der Waals surface area contributed by atoms with Crippen LogP contribution in [-0.4, -0.2) is 35.0 Å². The van der Waals surface area contributed by atoms with Gasteiger partial charge in [0, 0.05) is 35.0 Å². The van der Waals surface area contributed by atoms with Gasteiger partial charge >= 0.3 is 0 Å². The number of nitrogens with zero attached hydrogens (tertiary/aromatic N) is 3. The zero-order chi connectivity index (χ0) is 23.3. The molecule has 1 heterocycles. The van der Waals surface area contributed by atoms with Crippen molar-refractivity contribution in [3.8, 4) is 0 Å². The number of carbonyl (C=O) groups excluding carboxylic acids is 1. The van der Waals surface area contributed by atoms with Gasteiger partial charge in [0.25, 0.3) is 5.56 Å². The molecule has 2 N–H and O–H groups in total. The van der Waals surface area contributed by atoms with Gasteiger partial charge in [-0.05, 0) is 56.3 Å². The summed E-state index contributed by atoms with van der Waals surface area (Å²) in [7, 11) is 0. The Morgan fingerprint density at radius 3 is 2.58 bits per heavy atom. The van der Waals surface area contributed by atoms with Crippen LogP contribution in [0.2, 0.25) is 5.02 Å². The number of nitrogens with one attached hydrogen (secondary N) is 2. The number of fused-ring (bicyclic) bond motifs is 1. The maximum Gasteiger partial charge on any atom is 0.253 e. The van der Waals surface area contributed by atoms with E-state index < -0.39 is 6.04 Å². The third-order valence-electron chi connectivity index (χ3n) is 4.57. The highest BCUT2D eigenvalue weighted by molar-refractivity contribution is 6.31. The molecule has 0 aliphatic carbocycles. The summed E-state index contributed by atoms with van der Waals surface area (Å²) in [6, 6.07) is 6.53. The largest absolute Gasteiger partial charge is 0.322 e. The first kappa shape index (κ1) is 24.3. The topological polar surface area (TPSA) is 89.9 Å². The Labute approximate surface area is 187 Å². The number of rotatable bonds is 5. The van der Waals surface area contributed by atoms with Gasteiger partial charge in [-0.1, -0.05) is 32.4 Å². The van der Waals surface area contributed by atoms with Gasteiger partial charge in [0.2, 0.25) is 11.9 Å². The number of carbonyl (C=O) groups is 1. The van der Waals surface area contributed by atoms with Crippen LogP contribution < -0.4 is 10.9 Å². The van der Waals surface area contributed by atoms with Crippen LogP contribution in [0, 0.1) is 5.41 Å². The Morgan fingerprint density at radius 2 is 2.03 bits per heavy atom. The highest BCUT2D eigenvalue weighted by Gasteiger charge is 2.22. The molecule has 2 rings (SSSR count). The van der Waals surface area contributed by atoms with Gasteiger partial charge in [-0.3, -0.25) is 14.5 Å². The first-order chi connectivity index (χ1) is 14.4. The molecule has 1 amide bonds. The van der Waals surface area contributed by atoms with Crippen molar-refractivity contribution in [1.82, 2.24) is 15.2 Å². The van der Waals surface area contributed by atoms with Crippen LogP contribution in [0.4, 0.5) is 0 Å². The summed E-state index contributed by atoms with van der Waals surface area (Å²) in [4.78, 5) is 37.8. The number of guanidine groups is 1. The molecule has 0 unspecified atom stereocenters. The molecule has 2 aromatic rings. The SMILES string of the molecule is C=NC(=N[C@@H](C)c1cc2cc(Cl)ccc2[nH]c1=O)N/C(=C\C)N(CC(C)(C)C)C(C)=O. The number of benzene rings is 1. The third-order valence-corrected chi connectivity index (χ3v) is 4.80. The predicted octanol–water partition coefficient (Wildman–Crippen LogP) is 4.64. The monoisotopic (exact) mass is 443 g/mol. The number of aromatic amines is 1. The van der Waals surface area contributed by atoms with Gasteiger partial charge in [0.1, 0.15) is 5.82 Å². The molecule has 8 heteroatoms. The van der Waals surface area contributed by atoms with Crippen molar-refractivity contribution in [3.05, 3.63) is 57.1 Å². The Bertz CT molecular complexity index is 1100. The van der Waals surface area contributed by atoms with Crippen LogP contribution in [0.5, 0.6) is 0 Å².